The summed E-state index contributed by atoms with van der Waals surface area (Å²) >= 11 is 0. The maximum atomic E-state index is 14.7. The SMILES string of the molecule is CCOc1cccc(OCC)c1CP(=O)(Cc1c(OCC)cccc1OCC)C(C)CC. The summed E-state index contributed by atoms with van der Waals surface area (Å²) in [7, 11) is -2.78. The Bertz CT molecular complexity index is 782. The third-order valence-corrected chi connectivity index (χ3v) is 9.30. The lowest BCUT2D eigenvalue weighted by Crippen LogP contribution is -2.11. The maximum Gasteiger partial charge on any atom is 0.126 e. The molecule has 0 fully saturated rings. The molecule has 0 aliphatic carbocycles. The van der Waals surface area contributed by atoms with Gasteiger partial charge in [0.2, 0.25) is 0 Å². The Morgan fingerprint density at radius 2 is 0.969 bits per heavy atom. The fourth-order valence-corrected chi connectivity index (χ4v) is 6.90. The van der Waals surface area contributed by atoms with E-state index in [1.165, 1.54) is 0 Å². The molecule has 0 amide bonds. The van der Waals surface area contributed by atoms with Crippen LogP contribution in [0.5, 0.6) is 23.0 Å². The van der Waals surface area contributed by atoms with E-state index in [2.05, 4.69) is 13.8 Å². The third kappa shape index (κ3) is 6.45. The minimum Gasteiger partial charge on any atom is -0.493 e. The van der Waals surface area contributed by atoms with Crippen molar-refractivity contribution in [1.82, 2.24) is 0 Å². The molecule has 0 saturated carbocycles. The van der Waals surface area contributed by atoms with Gasteiger partial charge in [-0.25, -0.2) is 0 Å². The number of benzene rings is 2. The summed E-state index contributed by atoms with van der Waals surface area (Å²) in [6.07, 6.45) is 1.62. The first kappa shape index (κ1) is 26.1. The molecule has 2 rings (SSSR count). The van der Waals surface area contributed by atoms with Crippen LogP contribution in [0.3, 0.4) is 0 Å². The molecular formula is C26H39O5P. The average Bonchev–Trinajstić information content (AvgIpc) is 2.78. The van der Waals surface area contributed by atoms with Crippen LogP contribution in [0.2, 0.25) is 0 Å². The Kier molecular flexibility index (Phi) is 10.4. The van der Waals surface area contributed by atoms with E-state index in [-0.39, 0.29) is 5.66 Å². The third-order valence-electron chi connectivity index (χ3n) is 5.63. The van der Waals surface area contributed by atoms with Gasteiger partial charge in [-0.1, -0.05) is 26.0 Å². The second-order valence-corrected chi connectivity index (χ2v) is 11.1. The molecule has 0 radical (unpaired) electrons. The van der Waals surface area contributed by atoms with Gasteiger partial charge in [0.05, 0.1) is 33.6 Å². The Balaban J connectivity index is 2.58. The smallest absolute Gasteiger partial charge is 0.126 e. The first-order valence-corrected chi connectivity index (χ1v) is 13.9. The fourth-order valence-electron chi connectivity index (χ4n) is 3.80. The molecule has 0 aromatic heterocycles. The van der Waals surface area contributed by atoms with Crippen LogP contribution < -0.4 is 18.9 Å². The highest BCUT2D eigenvalue weighted by molar-refractivity contribution is 7.63. The van der Waals surface area contributed by atoms with Gasteiger partial charge in [0.25, 0.3) is 0 Å². The van der Waals surface area contributed by atoms with Gasteiger partial charge in [-0.2, -0.15) is 0 Å². The zero-order valence-corrected chi connectivity index (χ0v) is 21.4. The van der Waals surface area contributed by atoms with E-state index in [4.69, 9.17) is 18.9 Å². The van der Waals surface area contributed by atoms with Crippen molar-refractivity contribution in [3.05, 3.63) is 47.5 Å². The maximum absolute atomic E-state index is 14.7. The predicted octanol–water partition coefficient (Wildman–Crippen LogP) is 7.14. The molecule has 5 nitrogen and oxygen atoms in total. The molecule has 0 N–H and O–H groups in total. The number of hydrogen-bond acceptors (Lipinski definition) is 5. The Labute approximate surface area is 193 Å². The lowest BCUT2D eigenvalue weighted by atomic mass is 10.2. The summed E-state index contributed by atoms with van der Waals surface area (Å²) in [5.74, 6) is 2.96. The van der Waals surface area contributed by atoms with Crippen molar-refractivity contribution >= 4 is 7.14 Å². The summed E-state index contributed by atoms with van der Waals surface area (Å²) in [6.45, 7) is 14.2. The molecule has 1 atom stereocenters. The Hall–Kier alpha value is -2.13. The van der Waals surface area contributed by atoms with Crippen molar-refractivity contribution in [2.24, 2.45) is 0 Å². The van der Waals surface area contributed by atoms with E-state index < -0.39 is 7.14 Å². The highest BCUT2D eigenvalue weighted by atomic mass is 31.2. The van der Waals surface area contributed by atoms with Crippen LogP contribution in [0.1, 0.15) is 59.1 Å². The van der Waals surface area contributed by atoms with E-state index in [1.54, 1.807) is 0 Å². The molecule has 2 aromatic carbocycles. The average molecular weight is 463 g/mol. The molecule has 0 aliphatic rings. The van der Waals surface area contributed by atoms with Gasteiger partial charge in [-0.05, 0) is 58.4 Å². The van der Waals surface area contributed by atoms with Gasteiger partial charge < -0.3 is 23.5 Å². The Morgan fingerprint density at radius 1 is 0.656 bits per heavy atom. The van der Waals surface area contributed by atoms with E-state index in [0.29, 0.717) is 38.8 Å². The normalized spacial score (nSPS) is 12.3. The standard InChI is InChI=1S/C26H39O5P/c1-7-20(6)32(27,18-21-23(28-8-2)14-12-15-24(21)29-9-3)19-22-25(30-10-4)16-13-17-26(22)31-11-5/h12-17,20H,7-11,18-19H2,1-6H3. The monoisotopic (exact) mass is 462 g/mol. The summed E-state index contributed by atoms with van der Waals surface area (Å²) in [6, 6.07) is 11.6. The molecule has 0 saturated heterocycles. The lowest BCUT2D eigenvalue weighted by molar-refractivity contribution is 0.317. The molecule has 32 heavy (non-hydrogen) atoms. The second kappa shape index (κ2) is 12.8. The summed E-state index contributed by atoms with van der Waals surface area (Å²) < 4.78 is 38.3. The molecule has 6 heteroatoms. The molecule has 0 spiro atoms. The molecule has 178 valence electrons. The summed E-state index contributed by atoms with van der Waals surface area (Å²) in [5.41, 5.74) is 1.79. The van der Waals surface area contributed by atoms with Crippen molar-refractivity contribution in [2.75, 3.05) is 26.4 Å². The molecule has 0 bridgehead atoms. The quantitative estimate of drug-likeness (QED) is 0.279. The summed E-state index contributed by atoms with van der Waals surface area (Å²) in [4.78, 5) is 0. The zero-order valence-electron chi connectivity index (χ0n) is 20.5. The van der Waals surface area contributed by atoms with Crippen molar-refractivity contribution in [1.29, 1.82) is 0 Å². The van der Waals surface area contributed by atoms with Gasteiger partial charge in [0.1, 0.15) is 23.0 Å². The topological polar surface area (TPSA) is 54.0 Å². The van der Waals surface area contributed by atoms with Gasteiger partial charge in [-0.15, -0.1) is 0 Å². The van der Waals surface area contributed by atoms with Crippen LogP contribution in [0, 0.1) is 0 Å². The zero-order chi connectivity index (χ0) is 23.6. The van der Waals surface area contributed by atoms with Crippen molar-refractivity contribution < 1.29 is 23.5 Å². The van der Waals surface area contributed by atoms with E-state index in [9.17, 15) is 4.57 Å². The summed E-state index contributed by atoms with van der Waals surface area (Å²) in [5, 5.41) is 0. The highest BCUT2D eigenvalue weighted by Gasteiger charge is 2.34. The van der Waals surface area contributed by atoms with Crippen LogP contribution in [0.4, 0.5) is 0 Å². The minimum atomic E-state index is -2.78. The molecule has 0 heterocycles. The van der Waals surface area contributed by atoms with Gasteiger partial charge in [0, 0.05) is 29.1 Å². The van der Waals surface area contributed by atoms with Crippen molar-refractivity contribution in [3.8, 4) is 23.0 Å². The molecule has 0 aliphatic heterocycles. The first-order valence-electron chi connectivity index (χ1n) is 11.8. The van der Waals surface area contributed by atoms with Gasteiger partial charge >= 0.3 is 0 Å². The number of hydrogen-bond donors (Lipinski definition) is 0. The van der Waals surface area contributed by atoms with Crippen LogP contribution >= 0.6 is 7.14 Å². The largest absolute Gasteiger partial charge is 0.493 e. The van der Waals surface area contributed by atoms with Crippen LogP contribution in [-0.2, 0) is 16.9 Å². The van der Waals surface area contributed by atoms with Gasteiger partial charge in [0.15, 0.2) is 0 Å². The number of ether oxygens (including phenoxy) is 4. The first-order chi connectivity index (χ1) is 15.4. The van der Waals surface area contributed by atoms with Crippen LogP contribution in [0.25, 0.3) is 0 Å². The van der Waals surface area contributed by atoms with Gasteiger partial charge in [-0.3, -0.25) is 0 Å². The van der Waals surface area contributed by atoms with Crippen molar-refractivity contribution in [2.45, 2.75) is 65.9 Å². The predicted molar refractivity (Wildman–Crippen MR) is 132 cm³/mol. The molecular weight excluding hydrogens is 423 g/mol. The van der Waals surface area contributed by atoms with E-state index in [0.717, 1.165) is 40.5 Å². The van der Waals surface area contributed by atoms with Crippen LogP contribution in [-0.4, -0.2) is 32.1 Å². The lowest BCUT2D eigenvalue weighted by Gasteiger charge is -2.28. The highest BCUT2D eigenvalue weighted by Crippen LogP contribution is 2.61. The Morgan fingerprint density at radius 3 is 1.22 bits per heavy atom. The fraction of sp³-hybridized carbons (Fsp3) is 0.538. The molecule has 1 unspecified atom stereocenters. The van der Waals surface area contributed by atoms with E-state index in [1.807, 2.05) is 64.1 Å². The molecule has 2 aromatic rings. The number of rotatable bonds is 14. The minimum absolute atomic E-state index is 0.0239. The van der Waals surface area contributed by atoms with Crippen molar-refractivity contribution in [3.63, 3.8) is 0 Å². The van der Waals surface area contributed by atoms with Crippen LogP contribution in [0.15, 0.2) is 36.4 Å². The van der Waals surface area contributed by atoms with E-state index >= 15 is 0 Å². The second-order valence-electron chi connectivity index (χ2n) is 7.72.